The molecule has 1 aliphatic heterocycles. The Hall–Kier alpha value is -3.02. The highest BCUT2D eigenvalue weighted by Gasteiger charge is 2.20. The van der Waals surface area contributed by atoms with Gasteiger partial charge in [-0.05, 0) is 30.3 Å². The predicted molar refractivity (Wildman–Crippen MR) is 98.6 cm³/mol. The van der Waals surface area contributed by atoms with Crippen LogP contribution in [0.15, 0.2) is 48.5 Å². The average molecular weight is 339 g/mol. The quantitative estimate of drug-likeness (QED) is 0.896. The zero-order valence-electron chi connectivity index (χ0n) is 14.1. The summed E-state index contributed by atoms with van der Waals surface area (Å²) in [5.74, 6) is -1.33. The molecule has 1 heterocycles. The molecule has 1 aliphatic rings. The molecule has 0 bridgehead atoms. The summed E-state index contributed by atoms with van der Waals surface area (Å²) in [5, 5.41) is 12.0. The van der Waals surface area contributed by atoms with Gasteiger partial charge in [-0.25, -0.2) is 4.79 Å². The highest BCUT2D eigenvalue weighted by Crippen LogP contribution is 2.25. The number of anilines is 3. The Bertz CT molecular complexity index is 769. The van der Waals surface area contributed by atoms with E-state index < -0.39 is 5.97 Å². The number of carboxylic acids is 1. The van der Waals surface area contributed by atoms with Gasteiger partial charge in [-0.2, -0.15) is 0 Å². The summed E-state index contributed by atoms with van der Waals surface area (Å²) in [6.07, 6.45) is 0. The summed E-state index contributed by atoms with van der Waals surface area (Å²) in [4.78, 5) is 27.2. The van der Waals surface area contributed by atoms with Crippen LogP contribution in [0.2, 0.25) is 0 Å². The fourth-order valence-corrected chi connectivity index (χ4v) is 3.07. The SMILES string of the molecule is CC(=O)Nc1ccc(N2CCN(c3ccccc3)CC2)cc1C(=O)O. The van der Waals surface area contributed by atoms with Gasteiger partial charge in [0.2, 0.25) is 5.91 Å². The maximum absolute atomic E-state index is 11.5. The largest absolute Gasteiger partial charge is 0.478 e. The molecule has 2 aromatic rings. The topological polar surface area (TPSA) is 72.9 Å². The van der Waals surface area contributed by atoms with Crippen molar-refractivity contribution in [1.29, 1.82) is 0 Å². The van der Waals surface area contributed by atoms with E-state index in [9.17, 15) is 14.7 Å². The van der Waals surface area contributed by atoms with Crippen LogP contribution >= 0.6 is 0 Å². The Morgan fingerprint density at radius 3 is 2.08 bits per heavy atom. The number of hydrogen-bond donors (Lipinski definition) is 2. The summed E-state index contributed by atoms with van der Waals surface area (Å²) in [6, 6.07) is 15.4. The van der Waals surface area contributed by atoms with Crippen molar-refractivity contribution in [1.82, 2.24) is 0 Å². The van der Waals surface area contributed by atoms with Crippen molar-refractivity contribution in [3.8, 4) is 0 Å². The highest BCUT2D eigenvalue weighted by molar-refractivity contribution is 6.00. The molecule has 0 atom stereocenters. The van der Waals surface area contributed by atoms with Crippen molar-refractivity contribution in [2.45, 2.75) is 6.92 Å². The van der Waals surface area contributed by atoms with Crippen LogP contribution in [-0.4, -0.2) is 43.2 Å². The van der Waals surface area contributed by atoms with Gasteiger partial charge in [0, 0.05) is 44.5 Å². The standard InChI is InChI=1S/C19H21N3O3/c1-14(23)20-18-8-7-16(13-17(18)19(24)25)22-11-9-21(10-12-22)15-5-3-2-4-6-15/h2-8,13H,9-12H2,1H3,(H,20,23)(H,24,25). The molecule has 25 heavy (non-hydrogen) atoms. The van der Waals surface area contributed by atoms with E-state index in [0.717, 1.165) is 31.9 Å². The maximum atomic E-state index is 11.5. The Kier molecular flexibility index (Phi) is 4.88. The van der Waals surface area contributed by atoms with E-state index in [1.165, 1.54) is 12.6 Å². The van der Waals surface area contributed by atoms with E-state index in [2.05, 4.69) is 27.2 Å². The molecule has 0 saturated carbocycles. The van der Waals surface area contributed by atoms with Crippen LogP contribution in [0, 0.1) is 0 Å². The van der Waals surface area contributed by atoms with Crippen molar-refractivity contribution in [3.05, 3.63) is 54.1 Å². The lowest BCUT2D eigenvalue weighted by Crippen LogP contribution is -2.46. The zero-order chi connectivity index (χ0) is 17.8. The molecule has 0 unspecified atom stereocenters. The molecule has 6 heteroatoms. The number of hydrogen-bond acceptors (Lipinski definition) is 4. The number of nitrogens with zero attached hydrogens (tertiary/aromatic N) is 2. The van der Waals surface area contributed by atoms with Gasteiger partial charge in [0.05, 0.1) is 11.3 Å². The molecule has 3 rings (SSSR count). The van der Waals surface area contributed by atoms with E-state index in [0.29, 0.717) is 5.69 Å². The first kappa shape index (κ1) is 16.8. The molecule has 0 radical (unpaired) electrons. The van der Waals surface area contributed by atoms with E-state index >= 15 is 0 Å². The van der Waals surface area contributed by atoms with Gasteiger partial charge in [-0.1, -0.05) is 18.2 Å². The number of carboxylic acid groups (broad SMARTS) is 1. The van der Waals surface area contributed by atoms with Crippen LogP contribution in [0.5, 0.6) is 0 Å². The molecular weight excluding hydrogens is 318 g/mol. The summed E-state index contributed by atoms with van der Waals surface area (Å²) in [6.45, 7) is 4.74. The number of carbonyl (C=O) groups excluding carboxylic acids is 1. The van der Waals surface area contributed by atoms with Crippen LogP contribution in [0.1, 0.15) is 17.3 Å². The third-order valence-electron chi connectivity index (χ3n) is 4.31. The third kappa shape index (κ3) is 3.91. The number of piperazine rings is 1. The molecule has 0 spiro atoms. The monoisotopic (exact) mass is 339 g/mol. The van der Waals surface area contributed by atoms with Crippen molar-refractivity contribution in [3.63, 3.8) is 0 Å². The molecule has 1 saturated heterocycles. The van der Waals surface area contributed by atoms with Crippen molar-refractivity contribution >= 4 is 28.9 Å². The first-order valence-corrected chi connectivity index (χ1v) is 8.24. The summed E-state index contributed by atoms with van der Waals surface area (Å²) < 4.78 is 0. The van der Waals surface area contributed by atoms with Crippen molar-refractivity contribution in [2.24, 2.45) is 0 Å². The van der Waals surface area contributed by atoms with E-state index in [1.807, 2.05) is 24.3 Å². The molecule has 0 aromatic heterocycles. The first-order chi connectivity index (χ1) is 12.0. The number of para-hydroxylation sites is 1. The normalized spacial score (nSPS) is 14.3. The van der Waals surface area contributed by atoms with Crippen LogP contribution < -0.4 is 15.1 Å². The van der Waals surface area contributed by atoms with Gasteiger partial charge in [0.15, 0.2) is 0 Å². The number of nitrogens with one attached hydrogen (secondary N) is 1. The lowest BCUT2D eigenvalue weighted by atomic mass is 10.1. The molecule has 130 valence electrons. The lowest BCUT2D eigenvalue weighted by Gasteiger charge is -2.37. The molecular formula is C19H21N3O3. The molecule has 2 N–H and O–H groups in total. The minimum absolute atomic E-state index is 0.109. The van der Waals surface area contributed by atoms with Gasteiger partial charge in [0.25, 0.3) is 0 Å². The second-order valence-electron chi connectivity index (χ2n) is 6.03. The fraction of sp³-hybridized carbons (Fsp3) is 0.263. The average Bonchev–Trinajstić information content (AvgIpc) is 2.62. The van der Waals surface area contributed by atoms with E-state index in [1.54, 1.807) is 12.1 Å². The van der Waals surface area contributed by atoms with Gasteiger partial charge in [0.1, 0.15) is 0 Å². The Labute approximate surface area is 146 Å². The predicted octanol–water partition coefficient (Wildman–Crippen LogP) is 2.67. The summed E-state index contributed by atoms with van der Waals surface area (Å²) in [5.41, 5.74) is 2.50. The highest BCUT2D eigenvalue weighted by atomic mass is 16.4. The van der Waals surface area contributed by atoms with Gasteiger partial charge >= 0.3 is 5.97 Å². The van der Waals surface area contributed by atoms with E-state index in [-0.39, 0.29) is 11.5 Å². The molecule has 1 fully saturated rings. The van der Waals surface area contributed by atoms with Gasteiger partial charge in [-0.3, -0.25) is 4.79 Å². The summed E-state index contributed by atoms with van der Waals surface area (Å²) >= 11 is 0. The maximum Gasteiger partial charge on any atom is 0.337 e. The molecule has 1 amide bonds. The lowest BCUT2D eigenvalue weighted by molar-refractivity contribution is -0.114. The fourth-order valence-electron chi connectivity index (χ4n) is 3.07. The van der Waals surface area contributed by atoms with E-state index in [4.69, 9.17) is 0 Å². The minimum atomic E-state index is -1.05. The number of aromatic carboxylic acids is 1. The molecule has 2 aromatic carbocycles. The molecule has 6 nitrogen and oxygen atoms in total. The first-order valence-electron chi connectivity index (χ1n) is 8.24. The van der Waals surface area contributed by atoms with Crippen LogP contribution in [0.3, 0.4) is 0 Å². The molecule has 0 aliphatic carbocycles. The minimum Gasteiger partial charge on any atom is -0.478 e. The number of carbonyl (C=O) groups is 2. The summed E-state index contributed by atoms with van der Waals surface area (Å²) in [7, 11) is 0. The Balaban J connectivity index is 1.74. The number of rotatable bonds is 4. The third-order valence-corrected chi connectivity index (χ3v) is 4.31. The Morgan fingerprint density at radius 2 is 1.52 bits per heavy atom. The second-order valence-corrected chi connectivity index (χ2v) is 6.03. The van der Waals surface area contributed by atoms with Crippen molar-refractivity contribution < 1.29 is 14.7 Å². The number of benzene rings is 2. The van der Waals surface area contributed by atoms with Gasteiger partial charge in [-0.15, -0.1) is 0 Å². The van der Waals surface area contributed by atoms with Crippen LogP contribution in [0.25, 0.3) is 0 Å². The Morgan fingerprint density at radius 1 is 0.920 bits per heavy atom. The second kappa shape index (κ2) is 7.25. The smallest absolute Gasteiger partial charge is 0.337 e. The van der Waals surface area contributed by atoms with Crippen molar-refractivity contribution in [2.75, 3.05) is 41.3 Å². The van der Waals surface area contributed by atoms with Crippen LogP contribution in [-0.2, 0) is 4.79 Å². The van der Waals surface area contributed by atoms with Crippen LogP contribution in [0.4, 0.5) is 17.1 Å². The zero-order valence-corrected chi connectivity index (χ0v) is 14.1. The van der Waals surface area contributed by atoms with Gasteiger partial charge < -0.3 is 20.2 Å². The number of amides is 1.